The van der Waals surface area contributed by atoms with Gasteiger partial charge in [-0.3, -0.25) is 0 Å². The highest BCUT2D eigenvalue weighted by Gasteiger charge is 2.33. The maximum atomic E-state index is 11.4. The maximum absolute atomic E-state index is 11.4. The second-order valence-electron chi connectivity index (χ2n) is 3.95. The van der Waals surface area contributed by atoms with Gasteiger partial charge in [-0.25, -0.2) is 15.6 Å². The van der Waals surface area contributed by atoms with Crippen LogP contribution in [-0.4, -0.2) is 42.8 Å². The molecule has 1 aliphatic rings. The molecule has 0 aromatic heterocycles. The molecule has 0 spiro atoms. The lowest BCUT2D eigenvalue weighted by Crippen LogP contribution is -2.55. The van der Waals surface area contributed by atoms with Gasteiger partial charge >= 0.3 is 6.09 Å². The third-order valence-electron chi connectivity index (χ3n) is 2.18. The average Bonchev–Trinajstić information content (AvgIpc) is 2.25. The minimum Gasteiger partial charge on any atom is -0.444 e. The average molecular weight is 230 g/mol. The van der Waals surface area contributed by atoms with Gasteiger partial charge in [-0.1, -0.05) is 12.7 Å². The molecule has 1 amide bonds. The van der Waals surface area contributed by atoms with Gasteiger partial charge in [-0.05, 0) is 13.8 Å². The second-order valence-corrected chi connectivity index (χ2v) is 3.95. The highest BCUT2D eigenvalue weighted by Crippen LogP contribution is 2.18. The number of nitrogens with two attached hydrogens (primary N) is 1. The van der Waals surface area contributed by atoms with Crippen molar-refractivity contribution in [2.24, 2.45) is 5.84 Å². The Morgan fingerprint density at radius 2 is 2.19 bits per heavy atom. The fourth-order valence-corrected chi connectivity index (χ4v) is 1.20. The van der Waals surface area contributed by atoms with Crippen LogP contribution in [0.4, 0.5) is 4.79 Å². The quantitative estimate of drug-likeness (QED) is 0.333. The van der Waals surface area contributed by atoms with Crippen molar-refractivity contribution in [2.45, 2.75) is 25.7 Å². The summed E-state index contributed by atoms with van der Waals surface area (Å²) in [5, 5.41) is 0.985. The zero-order chi connectivity index (χ0) is 12.2. The van der Waals surface area contributed by atoms with Crippen LogP contribution in [0.3, 0.4) is 0 Å². The van der Waals surface area contributed by atoms with E-state index >= 15 is 0 Å². The zero-order valence-electron chi connectivity index (χ0n) is 9.64. The SMILES string of the molecule is C=CCOC(=O)N(N)C1COC(C)(C)OC1. The summed E-state index contributed by atoms with van der Waals surface area (Å²) in [4.78, 5) is 11.4. The molecular formula is C10H18N2O4. The number of carbonyl (C=O) groups excluding carboxylic acids is 1. The Morgan fingerprint density at radius 3 is 2.69 bits per heavy atom. The van der Waals surface area contributed by atoms with Gasteiger partial charge in [0, 0.05) is 0 Å². The van der Waals surface area contributed by atoms with Crippen LogP contribution >= 0.6 is 0 Å². The van der Waals surface area contributed by atoms with Crippen molar-refractivity contribution >= 4 is 6.09 Å². The molecule has 0 aromatic rings. The first kappa shape index (κ1) is 13.0. The minimum absolute atomic E-state index is 0.131. The standard InChI is InChI=1S/C10H18N2O4/c1-4-5-14-9(13)12(11)8-6-15-10(2,3)16-7-8/h4,8H,1,5-7,11H2,2-3H3. The highest BCUT2D eigenvalue weighted by atomic mass is 16.7. The lowest BCUT2D eigenvalue weighted by Gasteiger charge is -2.37. The van der Waals surface area contributed by atoms with Crippen LogP contribution in [0, 0.1) is 0 Å². The van der Waals surface area contributed by atoms with Crippen LogP contribution in [0.5, 0.6) is 0 Å². The number of hydrogen-bond donors (Lipinski definition) is 1. The summed E-state index contributed by atoms with van der Waals surface area (Å²) >= 11 is 0. The third-order valence-corrected chi connectivity index (χ3v) is 2.18. The van der Waals surface area contributed by atoms with E-state index in [9.17, 15) is 4.79 Å². The number of amides is 1. The molecule has 1 rings (SSSR count). The van der Waals surface area contributed by atoms with E-state index in [4.69, 9.17) is 20.1 Å². The van der Waals surface area contributed by atoms with Gasteiger partial charge in [-0.2, -0.15) is 0 Å². The Balaban J connectivity index is 2.40. The summed E-state index contributed by atoms with van der Waals surface area (Å²) in [6.45, 7) is 7.83. The molecule has 0 unspecified atom stereocenters. The smallest absolute Gasteiger partial charge is 0.424 e. The van der Waals surface area contributed by atoms with Crippen LogP contribution in [0.25, 0.3) is 0 Å². The third kappa shape index (κ3) is 3.48. The summed E-state index contributed by atoms with van der Waals surface area (Å²) in [7, 11) is 0. The van der Waals surface area contributed by atoms with E-state index in [1.165, 1.54) is 6.08 Å². The van der Waals surface area contributed by atoms with E-state index < -0.39 is 11.9 Å². The Morgan fingerprint density at radius 1 is 1.62 bits per heavy atom. The van der Waals surface area contributed by atoms with Gasteiger partial charge in [-0.15, -0.1) is 0 Å². The molecule has 0 saturated carbocycles. The Labute approximate surface area is 94.9 Å². The normalized spacial score (nSPS) is 20.2. The predicted octanol–water partition coefficient (Wildman–Crippen LogP) is 0.636. The van der Waals surface area contributed by atoms with Gasteiger partial charge < -0.3 is 14.2 Å². The Bertz CT molecular complexity index is 258. The van der Waals surface area contributed by atoms with Crippen molar-refractivity contribution in [1.82, 2.24) is 5.01 Å². The van der Waals surface area contributed by atoms with E-state index in [0.29, 0.717) is 13.2 Å². The lowest BCUT2D eigenvalue weighted by molar-refractivity contribution is -0.261. The number of carbonyl (C=O) groups is 1. The molecule has 1 saturated heterocycles. The van der Waals surface area contributed by atoms with E-state index in [1.54, 1.807) is 13.8 Å². The summed E-state index contributed by atoms with van der Waals surface area (Å²) in [6.07, 6.45) is 0.861. The molecule has 1 heterocycles. The van der Waals surface area contributed by atoms with Crippen molar-refractivity contribution in [3.8, 4) is 0 Å². The molecule has 1 aliphatic heterocycles. The molecule has 0 atom stereocenters. The summed E-state index contributed by atoms with van der Waals surface area (Å²) in [6, 6.07) is -0.328. The van der Waals surface area contributed by atoms with E-state index in [0.717, 1.165) is 5.01 Å². The van der Waals surface area contributed by atoms with Gasteiger partial charge in [0.15, 0.2) is 5.79 Å². The number of nitrogens with zero attached hydrogens (tertiary/aromatic N) is 1. The van der Waals surface area contributed by atoms with Crippen LogP contribution in [-0.2, 0) is 14.2 Å². The largest absolute Gasteiger partial charge is 0.444 e. The van der Waals surface area contributed by atoms with Crippen LogP contribution in [0.2, 0.25) is 0 Å². The fourth-order valence-electron chi connectivity index (χ4n) is 1.20. The van der Waals surface area contributed by atoms with Gasteiger partial charge in [0.2, 0.25) is 0 Å². The summed E-state index contributed by atoms with van der Waals surface area (Å²) < 4.78 is 15.6. The molecule has 16 heavy (non-hydrogen) atoms. The number of hydrazine groups is 1. The molecule has 0 bridgehead atoms. The van der Waals surface area contributed by atoms with Crippen molar-refractivity contribution in [3.63, 3.8) is 0 Å². The van der Waals surface area contributed by atoms with E-state index in [1.807, 2.05) is 0 Å². The maximum Gasteiger partial charge on any atom is 0.424 e. The van der Waals surface area contributed by atoms with Crippen LogP contribution in [0.15, 0.2) is 12.7 Å². The van der Waals surface area contributed by atoms with Crippen molar-refractivity contribution in [1.29, 1.82) is 0 Å². The second kappa shape index (κ2) is 5.29. The molecule has 0 radical (unpaired) electrons. The molecule has 0 aliphatic carbocycles. The predicted molar refractivity (Wildman–Crippen MR) is 57.3 cm³/mol. The van der Waals surface area contributed by atoms with E-state index in [2.05, 4.69) is 6.58 Å². The lowest BCUT2D eigenvalue weighted by atomic mass is 10.2. The summed E-state index contributed by atoms with van der Waals surface area (Å²) in [5.41, 5.74) is 0. The monoisotopic (exact) mass is 230 g/mol. The minimum atomic E-state index is -0.623. The molecule has 2 N–H and O–H groups in total. The first-order valence-electron chi connectivity index (χ1n) is 5.06. The van der Waals surface area contributed by atoms with Crippen molar-refractivity contribution in [2.75, 3.05) is 19.8 Å². The Kier molecular flexibility index (Phi) is 4.28. The number of ether oxygens (including phenoxy) is 3. The molecule has 1 fully saturated rings. The van der Waals surface area contributed by atoms with Crippen molar-refractivity contribution in [3.05, 3.63) is 12.7 Å². The van der Waals surface area contributed by atoms with E-state index in [-0.39, 0.29) is 12.6 Å². The van der Waals surface area contributed by atoms with Crippen LogP contribution < -0.4 is 5.84 Å². The number of rotatable bonds is 3. The first-order chi connectivity index (χ1) is 7.46. The molecule has 92 valence electrons. The number of hydrogen-bond acceptors (Lipinski definition) is 5. The Hall–Kier alpha value is -1.11. The zero-order valence-corrected chi connectivity index (χ0v) is 9.64. The van der Waals surface area contributed by atoms with Gasteiger partial charge in [0.25, 0.3) is 0 Å². The molecule has 6 nitrogen and oxygen atoms in total. The first-order valence-corrected chi connectivity index (χ1v) is 5.06. The van der Waals surface area contributed by atoms with Gasteiger partial charge in [0.1, 0.15) is 6.61 Å². The van der Waals surface area contributed by atoms with Crippen molar-refractivity contribution < 1.29 is 19.0 Å². The topological polar surface area (TPSA) is 74.0 Å². The molecule has 0 aromatic carbocycles. The highest BCUT2D eigenvalue weighted by molar-refractivity contribution is 5.67. The molecule has 6 heteroatoms. The van der Waals surface area contributed by atoms with Crippen LogP contribution in [0.1, 0.15) is 13.8 Å². The van der Waals surface area contributed by atoms with Gasteiger partial charge in [0.05, 0.1) is 19.3 Å². The fraction of sp³-hybridized carbons (Fsp3) is 0.700. The summed E-state index contributed by atoms with van der Waals surface area (Å²) in [5.74, 6) is 4.96. The molecular weight excluding hydrogens is 212 g/mol.